The third-order valence-electron chi connectivity index (χ3n) is 3.95. The molecular weight excluding hydrogens is 279 g/mol. The highest BCUT2D eigenvalue weighted by atomic mass is 19.1. The van der Waals surface area contributed by atoms with Gasteiger partial charge in [-0.1, -0.05) is 13.8 Å². The second-order valence-electron chi connectivity index (χ2n) is 5.92. The average molecular weight is 296 g/mol. The van der Waals surface area contributed by atoms with E-state index in [0.717, 1.165) is 25.0 Å². The van der Waals surface area contributed by atoms with Crippen molar-refractivity contribution in [2.75, 3.05) is 11.4 Å². The number of aliphatic carboxylic acids is 1. The number of carboxylic acids is 1. The molecule has 0 radical (unpaired) electrons. The summed E-state index contributed by atoms with van der Waals surface area (Å²) in [6.07, 6.45) is 1.45. The van der Waals surface area contributed by atoms with E-state index < -0.39 is 33.9 Å². The van der Waals surface area contributed by atoms with Crippen LogP contribution in [0.15, 0.2) is 18.2 Å². The average Bonchev–Trinajstić information content (AvgIpc) is 2.36. The van der Waals surface area contributed by atoms with Gasteiger partial charge in [-0.15, -0.1) is 0 Å². The number of anilines is 1. The Balaban J connectivity index is 2.53. The summed E-state index contributed by atoms with van der Waals surface area (Å²) in [5.74, 6) is -1.74. The molecule has 114 valence electrons. The number of hydrogen-bond acceptors (Lipinski definition) is 4. The minimum atomic E-state index is -1.03. The molecule has 1 aliphatic rings. The van der Waals surface area contributed by atoms with Gasteiger partial charge in [-0.25, -0.2) is 9.18 Å². The lowest BCUT2D eigenvalue weighted by Crippen LogP contribution is -2.54. The number of hydrogen-bond donors (Lipinski definition) is 1. The number of halogens is 1. The molecule has 1 aromatic carbocycles. The van der Waals surface area contributed by atoms with Crippen LogP contribution in [-0.2, 0) is 4.79 Å². The van der Waals surface area contributed by atoms with Gasteiger partial charge in [0.1, 0.15) is 17.5 Å². The highest BCUT2D eigenvalue weighted by Gasteiger charge is 2.44. The molecule has 2 rings (SSSR count). The maximum absolute atomic E-state index is 13.2. The maximum atomic E-state index is 13.2. The summed E-state index contributed by atoms with van der Waals surface area (Å²) in [4.78, 5) is 23.6. The molecule has 1 unspecified atom stereocenters. The Morgan fingerprint density at radius 1 is 1.52 bits per heavy atom. The van der Waals surface area contributed by atoms with Crippen molar-refractivity contribution in [3.8, 4) is 0 Å². The van der Waals surface area contributed by atoms with Gasteiger partial charge in [0.25, 0.3) is 5.69 Å². The van der Waals surface area contributed by atoms with Crippen molar-refractivity contribution in [3.05, 3.63) is 34.1 Å². The van der Waals surface area contributed by atoms with Gasteiger partial charge in [0.05, 0.1) is 11.0 Å². The number of carbonyl (C=O) groups is 1. The van der Waals surface area contributed by atoms with Crippen molar-refractivity contribution in [2.45, 2.75) is 32.7 Å². The summed E-state index contributed by atoms with van der Waals surface area (Å²) in [7, 11) is 0. The lowest BCUT2D eigenvalue weighted by molar-refractivity contribution is -0.384. The fourth-order valence-corrected chi connectivity index (χ4v) is 3.01. The standard InChI is InChI=1S/C14H17FN2O4/c1-14(2)6-3-7-16(12(14)13(18)19)10-5-4-9(15)8-11(10)17(20)21/h4-5,8,12H,3,6-7H2,1-2H3,(H,18,19). The van der Waals surface area contributed by atoms with Crippen LogP contribution >= 0.6 is 0 Å². The molecule has 0 aromatic heterocycles. The highest BCUT2D eigenvalue weighted by molar-refractivity contribution is 5.81. The van der Waals surface area contributed by atoms with E-state index in [9.17, 15) is 24.4 Å². The van der Waals surface area contributed by atoms with E-state index >= 15 is 0 Å². The third kappa shape index (κ3) is 2.81. The van der Waals surface area contributed by atoms with Crippen LogP contribution in [0.3, 0.4) is 0 Å². The highest BCUT2D eigenvalue weighted by Crippen LogP contribution is 2.40. The van der Waals surface area contributed by atoms with Crippen molar-refractivity contribution in [2.24, 2.45) is 5.41 Å². The zero-order chi connectivity index (χ0) is 15.8. The van der Waals surface area contributed by atoms with Crippen LogP contribution in [0.5, 0.6) is 0 Å². The number of nitrogens with zero attached hydrogens (tertiary/aromatic N) is 2. The second-order valence-corrected chi connectivity index (χ2v) is 5.92. The van der Waals surface area contributed by atoms with Crippen LogP contribution in [0.25, 0.3) is 0 Å². The van der Waals surface area contributed by atoms with E-state index in [-0.39, 0.29) is 5.69 Å². The van der Waals surface area contributed by atoms with E-state index in [1.165, 1.54) is 11.0 Å². The number of carboxylic acid groups (broad SMARTS) is 1. The largest absolute Gasteiger partial charge is 0.480 e. The quantitative estimate of drug-likeness (QED) is 0.685. The van der Waals surface area contributed by atoms with Gasteiger partial charge < -0.3 is 10.0 Å². The molecule has 1 saturated heterocycles. The van der Waals surface area contributed by atoms with Crippen molar-refractivity contribution >= 4 is 17.3 Å². The molecule has 0 aliphatic carbocycles. The van der Waals surface area contributed by atoms with E-state index in [0.29, 0.717) is 6.54 Å². The minimum absolute atomic E-state index is 0.154. The Hall–Kier alpha value is -2.18. The van der Waals surface area contributed by atoms with Gasteiger partial charge in [-0.05, 0) is 30.4 Å². The fourth-order valence-electron chi connectivity index (χ4n) is 3.01. The predicted octanol–water partition coefficient (Wildman–Crippen LogP) is 2.81. The molecule has 1 aromatic rings. The number of nitro groups is 1. The Morgan fingerprint density at radius 2 is 2.19 bits per heavy atom. The topological polar surface area (TPSA) is 83.7 Å². The van der Waals surface area contributed by atoms with Gasteiger partial charge in [0.15, 0.2) is 0 Å². The summed E-state index contributed by atoms with van der Waals surface area (Å²) in [5, 5.41) is 20.6. The van der Waals surface area contributed by atoms with Crippen LogP contribution in [-0.4, -0.2) is 28.6 Å². The minimum Gasteiger partial charge on any atom is -0.480 e. The van der Waals surface area contributed by atoms with E-state index in [1.54, 1.807) is 0 Å². The Kier molecular flexibility index (Phi) is 3.85. The summed E-state index contributed by atoms with van der Waals surface area (Å²) >= 11 is 0. The molecule has 1 atom stereocenters. The van der Waals surface area contributed by atoms with E-state index in [4.69, 9.17) is 0 Å². The number of nitro benzene ring substituents is 1. The molecule has 1 aliphatic heterocycles. The summed E-state index contributed by atoms with van der Waals surface area (Å²) < 4.78 is 13.2. The Labute approximate surface area is 121 Å². The maximum Gasteiger partial charge on any atom is 0.326 e. The molecule has 1 heterocycles. The van der Waals surface area contributed by atoms with Gasteiger partial charge >= 0.3 is 5.97 Å². The number of benzene rings is 1. The van der Waals surface area contributed by atoms with Gasteiger partial charge in [-0.3, -0.25) is 10.1 Å². The summed E-state index contributed by atoms with van der Waals surface area (Å²) in [6, 6.07) is 2.35. The number of piperidine rings is 1. The summed E-state index contributed by atoms with van der Waals surface area (Å²) in [5.41, 5.74) is -0.771. The SMILES string of the molecule is CC1(C)CCCN(c2ccc(F)cc2[N+](=O)[O-])C1C(=O)O. The molecule has 7 heteroatoms. The van der Waals surface area contributed by atoms with Crippen LogP contribution in [0.1, 0.15) is 26.7 Å². The summed E-state index contributed by atoms with van der Waals surface area (Å²) in [6.45, 7) is 4.05. The molecule has 6 nitrogen and oxygen atoms in total. The van der Waals surface area contributed by atoms with Crippen LogP contribution in [0, 0.1) is 21.3 Å². The van der Waals surface area contributed by atoms with E-state index in [2.05, 4.69) is 0 Å². The first-order chi connectivity index (χ1) is 9.74. The molecule has 1 N–H and O–H groups in total. The zero-order valence-electron chi connectivity index (χ0n) is 11.9. The van der Waals surface area contributed by atoms with Crippen LogP contribution < -0.4 is 4.90 Å². The molecule has 0 amide bonds. The molecule has 1 fully saturated rings. The van der Waals surface area contributed by atoms with Crippen molar-refractivity contribution in [1.82, 2.24) is 0 Å². The lowest BCUT2D eigenvalue weighted by Gasteiger charge is -2.44. The second kappa shape index (κ2) is 5.31. The third-order valence-corrected chi connectivity index (χ3v) is 3.95. The zero-order valence-corrected chi connectivity index (χ0v) is 11.9. The lowest BCUT2D eigenvalue weighted by atomic mass is 9.76. The fraction of sp³-hybridized carbons (Fsp3) is 0.500. The van der Waals surface area contributed by atoms with Gasteiger partial charge in [0.2, 0.25) is 0 Å². The first kappa shape index (κ1) is 15.2. The molecule has 0 saturated carbocycles. The molecular formula is C14H17FN2O4. The number of rotatable bonds is 3. The van der Waals surface area contributed by atoms with Crippen molar-refractivity contribution in [3.63, 3.8) is 0 Å². The molecule has 21 heavy (non-hydrogen) atoms. The van der Waals surface area contributed by atoms with Gasteiger partial charge in [-0.2, -0.15) is 0 Å². The Morgan fingerprint density at radius 3 is 2.76 bits per heavy atom. The normalized spacial score (nSPS) is 21.1. The smallest absolute Gasteiger partial charge is 0.326 e. The van der Waals surface area contributed by atoms with Crippen molar-refractivity contribution < 1.29 is 19.2 Å². The first-order valence-corrected chi connectivity index (χ1v) is 6.67. The predicted molar refractivity (Wildman–Crippen MR) is 74.8 cm³/mol. The van der Waals surface area contributed by atoms with Gasteiger partial charge in [0, 0.05) is 6.54 Å². The monoisotopic (exact) mass is 296 g/mol. The molecule has 0 bridgehead atoms. The van der Waals surface area contributed by atoms with Crippen LogP contribution in [0.4, 0.5) is 15.8 Å². The first-order valence-electron chi connectivity index (χ1n) is 6.67. The van der Waals surface area contributed by atoms with E-state index in [1.807, 2.05) is 13.8 Å². The van der Waals surface area contributed by atoms with Crippen LogP contribution in [0.2, 0.25) is 0 Å². The molecule has 0 spiro atoms. The van der Waals surface area contributed by atoms with Crippen molar-refractivity contribution in [1.29, 1.82) is 0 Å². The Bertz CT molecular complexity index is 588.